The van der Waals surface area contributed by atoms with Crippen molar-refractivity contribution < 1.29 is 9.53 Å². The van der Waals surface area contributed by atoms with E-state index < -0.39 is 6.09 Å². The van der Waals surface area contributed by atoms with Gasteiger partial charge in [-0.3, -0.25) is 0 Å². The fraction of sp³-hybridized carbons (Fsp3) is 0.667. The smallest absolute Gasteiger partial charge is 0.404 e. The highest BCUT2D eigenvalue weighted by atomic mass is 16.5. The fourth-order valence-electron chi connectivity index (χ4n) is 3.79. The Balaban J connectivity index is 1.69. The maximum absolute atomic E-state index is 10.7. The van der Waals surface area contributed by atoms with Crippen LogP contribution >= 0.6 is 0 Å². The molecule has 0 aromatic heterocycles. The Bertz CT molecular complexity index is 483. The minimum absolute atomic E-state index is 0.463. The number of amides is 1. The molecule has 0 spiro atoms. The van der Waals surface area contributed by atoms with Crippen molar-refractivity contribution in [3.8, 4) is 0 Å². The number of aryl methyl sites for hydroxylation is 1. The van der Waals surface area contributed by atoms with Crippen LogP contribution in [0.1, 0.15) is 81.8 Å². The predicted octanol–water partition coefficient (Wildman–Crippen LogP) is 5.57. The Morgan fingerprint density at radius 3 is 2.50 bits per heavy atom. The average molecular weight is 332 g/mol. The van der Waals surface area contributed by atoms with E-state index >= 15 is 0 Å². The fourth-order valence-corrected chi connectivity index (χ4v) is 3.79. The molecule has 1 amide bonds. The molecule has 24 heavy (non-hydrogen) atoms. The quantitative estimate of drug-likeness (QED) is 0.570. The minimum atomic E-state index is -0.655. The zero-order valence-electron chi connectivity index (χ0n) is 15.1. The molecule has 1 fully saturated rings. The van der Waals surface area contributed by atoms with Crippen molar-refractivity contribution in [2.24, 2.45) is 11.7 Å². The van der Waals surface area contributed by atoms with E-state index in [2.05, 4.69) is 31.2 Å². The summed E-state index contributed by atoms with van der Waals surface area (Å²) in [4.78, 5) is 10.7. The summed E-state index contributed by atoms with van der Waals surface area (Å²) in [5.74, 6) is 1.07. The largest absolute Gasteiger partial charge is 0.449 e. The van der Waals surface area contributed by atoms with Gasteiger partial charge in [0.1, 0.15) is 0 Å². The number of ether oxygens (including phenoxy) is 1. The molecule has 0 saturated heterocycles. The minimum Gasteiger partial charge on any atom is -0.449 e. The van der Waals surface area contributed by atoms with Crippen LogP contribution in [0.3, 0.4) is 0 Å². The van der Waals surface area contributed by atoms with Crippen molar-refractivity contribution in [2.45, 2.75) is 77.0 Å². The predicted molar refractivity (Wildman–Crippen MR) is 99.1 cm³/mol. The summed E-state index contributed by atoms with van der Waals surface area (Å²) in [6.07, 6.45) is 12.1. The first kappa shape index (κ1) is 18.8. The van der Waals surface area contributed by atoms with E-state index in [1.807, 2.05) is 0 Å². The number of carbonyl (C=O) groups is 1. The second kappa shape index (κ2) is 10.4. The zero-order chi connectivity index (χ0) is 17.2. The third-order valence-corrected chi connectivity index (χ3v) is 5.27. The molecule has 2 atom stereocenters. The molecule has 0 radical (unpaired) electrons. The molecule has 0 unspecified atom stereocenters. The van der Waals surface area contributed by atoms with E-state index in [1.54, 1.807) is 0 Å². The molecular formula is C21H33NO2. The van der Waals surface area contributed by atoms with Gasteiger partial charge in [0, 0.05) is 0 Å². The SMILES string of the molecule is CCCCCCCCc1ccc([C@@H]2CC[C@H](COC(N)=O)C2)cc1. The summed E-state index contributed by atoms with van der Waals surface area (Å²) in [5, 5.41) is 0. The zero-order valence-corrected chi connectivity index (χ0v) is 15.1. The highest BCUT2D eigenvalue weighted by molar-refractivity contribution is 5.64. The molecule has 3 heteroatoms. The van der Waals surface area contributed by atoms with E-state index in [0.717, 1.165) is 12.8 Å². The third-order valence-electron chi connectivity index (χ3n) is 5.27. The number of nitrogens with two attached hydrogens (primary N) is 1. The summed E-state index contributed by atoms with van der Waals surface area (Å²) in [6, 6.07) is 9.20. The lowest BCUT2D eigenvalue weighted by Gasteiger charge is -2.12. The van der Waals surface area contributed by atoms with Crippen molar-refractivity contribution in [2.75, 3.05) is 6.61 Å². The molecule has 0 heterocycles. The molecule has 1 aliphatic carbocycles. The Morgan fingerprint density at radius 1 is 1.08 bits per heavy atom. The van der Waals surface area contributed by atoms with Crippen molar-refractivity contribution in [3.63, 3.8) is 0 Å². The normalized spacial score (nSPS) is 20.2. The van der Waals surface area contributed by atoms with E-state index in [9.17, 15) is 4.79 Å². The molecule has 1 aliphatic rings. The second-order valence-corrected chi connectivity index (χ2v) is 7.27. The van der Waals surface area contributed by atoms with Crippen molar-refractivity contribution >= 4 is 6.09 Å². The number of unbranched alkanes of at least 4 members (excludes halogenated alkanes) is 5. The molecule has 1 aromatic carbocycles. The summed E-state index contributed by atoms with van der Waals surface area (Å²) in [7, 11) is 0. The van der Waals surface area contributed by atoms with Gasteiger partial charge in [-0.1, -0.05) is 63.3 Å². The van der Waals surface area contributed by atoms with Gasteiger partial charge in [0.25, 0.3) is 0 Å². The van der Waals surface area contributed by atoms with Gasteiger partial charge >= 0.3 is 6.09 Å². The average Bonchev–Trinajstić information content (AvgIpc) is 3.06. The standard InChI is InChI=1S/C21H33NO2/c1-2-3-4-5-6-7-8-17-9-12-19(13-10-17)20-14-11-18(15-20)16-24-21(22)23/h9-10,12-13,18,20H,2-8,11,14-16H2,1H3,(H2,22,23)/t18-,20+/m0/s1. The lowest BCUT2D eigenvalue weighted by Crippen LogP contribution is -2.17. The molecular weight excluding hydrogens is 298 g/mol. The van der Waals surface area contributed by atoms with Gasteiger partial charge in [0.05, 0.1) is 6.61 Å². The Hall–Kier alpha value is -1.51. The number of primary amides is 1. The van der Waals surface area contributed by atoms with Crippen molar-refractivity contribution in [1.82, 2.24) is 0 Å². The number of carbonyl (C=O) groups excluding carboxylic acids is 1. The van der Waals surface area contributed by atoms with Gasteiger partial charge < -0.3 is 10.5 Å². The van der Waals surface area contributed by atoms with Gasteiger partial charge in [-0.05, 0) is 55.1 Å². The highest BCUT2D eigenvalue weighted by Gasteiger charge is 2.26. The molecule has 1 saturated carbocycles. The number of benzene rings is 1. The first-order valence-electron chi connectivity index (χ1n) is 9.70. The molecule has 0 bridgehead atoms. The monoisotopic (exact) mass is 331 g/mol. The molecule has 1 aromatic rings. The third kappa shape index (κ3) is 6.54. The first-order valence-corrected chi connectivity index (χ1v) is 9.70. The van der Waals surface area contributed by atoms with Crippen molar-refractivity contribution in [1.29, 1.82) is 0 Å². The van der Waals surface area contributed by atoms with Crippen LogP contribution in [0, 0.1) is 5.92 Å². The topological polar surface area (TPSA) is 52.3 Å². The van der Waals surface area contributed by atoms with Crippen LogP contribution < -0.4 is 5.73 Å². The van der Waals surface area contributed by atoms with Gasteiger partial charge in [0.2, 0.25) is 0 Å². The molecule has 2 rings (SSSR count). The Kier molecular flexibility index (Phi) is 8.14. The van der Waals surface area contributed by atoms with E-state index in [1.165, 1.54) is 62.5 Å². The van der Waals surface area contributed by atoms with Crippen LogP contribution in [0.25, 0.3) is 0 Å². The molecule has 2 N–H and O–H groups in total. The number of hydrogen-bond donors (Lipinski definition) is 1. The number of hydrogen-bond acceptors (Lipinski definition) is 2. The Labute approximate surface area is 147 Å². The van der Waals surface area contributed by atoms with Crippen LogP contribution in [0.15, 0.2) is 24.3 Å². The van der Waals surface area contributed by atoms with Crippen LogP contribution in [0.2, 0.25) is 0 Å². The van der Waals surface area contributed by atoms with Gasteiger partial charge in [0.15, 0.2) is 0 Å². The molecule has 134 valence electrons. The van der Waals surface area contributed by atoms with Crippen LogP contribution in [-0.2, 0) is 11.2 Å². The van der Waals surface area contributed by atoms with E-state index in [4.69, 9.17) is 10.5 Å². The lowest BCUT2D eigenvalue weighted by atomic mass is 9.94. The van der Waals surface area contributed by atoms with E-state index in [0.29, 0.717) is 18.4 Å². The summed E-state index contributed by atoms with van der Waals surface area (Å²) in [6.45, 7) is 2.74. The molecule has 3 nitrogen and oxygen atoms in total. The summed E-state index contributed by atoms with van der Waals surface area (Å²) in [5.41, 5.74) is 7.94. The van der Waals surface area contributed by atoms with E-state index in [-0.39, 0.29) is 0 Å². The second-order valence-electron chi connectivity index (χ2n) is 7.27. The van der Waals surface area contributed by atoms with Crippen LogP contribution in [-0.4, -0.2) is 12.7 Å². The first-order chi connectivity index (χ1) is 11.7. The highest BCUT2D eigenvalue weighted by Crippen LogP contribution is 2.38. The summed E-state index contributed by atoms with van der Waals surface area (Å²) < 4.78 is 4.95. The van der Waals surface area contributed by atoms with Gasteiger partial charge in [-0.2, -0.15) is 0 Å². The maximum Gasteiger partial charge on any atom is 0.404 e. The maximum atomic E-state index is 10.7. The Morgan fingerprint density at radius 2 is 1.79 bits per heavy atom. The van der Waals surface area contributed by atoms with Crippen molar-refractivity contribution in [3.05, 3.63) is 35.4 Å². The summed E-state index contributed by atoms with van der Waals surface area (Å²) >= 11 is 0. The lowest BCUT2D eigenvalue weighted by molar-refractivity contribution is 0.137. The van der Waals surface area contributed by atoms with Crippen LogP contribution in [0.4, 0.5) is 4.79 Å². The number of rotatable bonds is 10. The molecule has 0 aliphatic heterocycles. The van der Waals surface area contributed by atoms with Crippen LogP contribution in [0.5, 0.6) is 0 Å². The van der Waals surface area contributed by atoms with Gasteiger partial charge in [-0.15, -0.1) is 0 Å². The van der Waals surface area contributed by atoms with Gasteiger partial charge in [-0.25, -0.2) is 4.79 Å².